The summed E-state index contributed by atoms with van der Waals surface area (Å²) in [4.78, 5) is 12.3. The second-order valence-electron chi connectivity index (χ2n) is 5.27. The Morgan fingerprint density at radius 1 is 1.08 bits per heavy atom. The number of rotatable bonds is 6. The first kappa shape index (κ1) is 16.6. The highest BCUT2D eigenvalue weighted by molar-refractivity contribution is 7.13. The molecule has 1 N–H and O–H groups in total. The lowest BCUT2D eigenvalue weighted by atomic mass is 10.1. The van der Waals surface area contributed by atoms with Gasteiger partial charge in [0, 0.05) is 21.9 Å². The molecule has 0 aliphatic rings. The van der Waals surface area contributed by atoms with Crippen LogP contribution in [0, 0.1) is 0 Å². The maximum absolute atomic E-state index is 11.0. The molecule has 0 bridgehead atoms. The molecule has 0 saturated carbocycles. The molecule has 0 amide bonds. The first-order valence-corrected chi connectivity index (χ1v) is 8.58. The summed E-state index contributed by atoms with van der Waals surface area (Å²) < 4.78 is 5.93. The van der Waals surface area contributed by atoms with E-state index < -0.39 is 5.97 Å². The molecule has 0 unspecified atom stereocenters. The van der Waals surface area contributed by atoms with Crippen molar-refractivity contribution in [1.29, 1.82) is 0 Å². The normalized spacial score (nSPS) is 10.5. The zero-order chi connectivity index (χ0) is 16.9. The quantitative estimate of drug-likeness (QED) is 0.653. The number of hydrogen-bond acceptors (Lipinski definition) is 3. The van der Waals surface area contributed by atoms with Gasteiger partial charge >= 0.3 is 5.97 Å². The molecule has 122 valence electrons. The molecule has 24 heavy (non-hydrogen) atoms. The van der Waals surface area contributed by atoms with Gasteiger partial charge in [0.1, 0.15) is 17.2 Å². The Morgan fingerprint density at radius 2 is 1.88 bits per heavy atom. The fourth-order valence-corrected chi connectivity index (χ4v) is 3.40. The smallest absolute Gasteiger partial charge is 0.345 e. The van der Waals surface area contributed by atoms with Crippen molar-refractivity contribution in [3.63, 3.8) is 0 Å². The Morgan fingerprint density at radius 3 is 2.58 bits per heavy atom. The lowest BCUT2D eigenvalue weighted by Crippen LogP contribution is -1.99. The van der Waals surface area contributed by atoms with Crippen LogP contribution < -0.4 is 4.74 Å². The third-order valence-electron chi connectivity index (χ3n) is 3.50. The van der Waals surface area contributed by atoms with Gasteiger partial charge in [0.05, 0.1) is 0 Å². The molecule has 0 spiro atoms. The number of carboxylic acids is 1. The van der Waals surface area contributed by atoms with E-state index in [0.29, 0.717) is 22.9 Å². The van der Waals surface area contributed by atoms with Gasteiger partial charge in [-0.15, -0.1) is 11.3 Å². The molecule has 0 atom stereocenters. The van der Waals surface area contributed by atoms with Crippen molar-refractivity contribution in [1.82, 2.24) is 0 Å². The van der Waals surface area contributed by atoms with Crippen molar-refractivity contribution in [2.24, 2.45) is 0 Å². The van der Waals surface area contributed by atoms with Crippen LogP contribution in [0.25, 0.3) is 0 Å². The molecule has 1 heterocycles. The lowest BCUT2D eigenvalue weighted by Gasteiger charge is -2.11. The van der Waals surface area contributed by atoms with Gasteiger partial charge in [-0.05, 0) is 35.9 Å². The van der Waals surface area contributed by atoms with E-state index in [4.69, 9.17) is 21.4 Å². The number of carboxylic acid groups (broad SMARTS) is 1. The van der Waals surface area contributed by atoms with Crippen LogP contribution in [0.3, 0.4) is 0 Å². The summed E-state index contributed by atoms with van der Waals surface area (Å²) in [6.07, 6.45) is 0.586. The molecule has 1 aromatic heterocycles. The molecule has 0 saturated heterocycles. The minimum Gasteiger partial charge on any atom is -0.489 e. The Hall–Kier alpha value is -2.30. The van der Waals surface area contributed by atoms with Crippen LogP contribution >= 0.6 is 22.9 Å². The van der Waals surface area contributed by atoms with Crippen molar-refractivity contribution in [3.8, 4) is 5.75 Å². The second kappa shape index (κ2) is 7.51. The summed E-state index contributed by atoms with van der Waals surface area (Å²) in [6, 6.07) is 18.9. The molecule has 5 heteroatoms. The van der Waals surface area contributed by atoms with Gasteiger partial charge in [-0.3, -0.25) is 0 Å². The van der Waals surface area contributed by atoms with E-state index >= 15 is 0 Å². The van der Waals surface area contributed by atoms with Gasteiger partial charge in [0.2, 0.25) is 0 Å². The monoisotopic (exact) mass is 358 g/mol. The predicted octanol–water partition coefficient (Wildman–Crippen LogP) is 5.27. The average Bonchev–Trinajstić information content (AvgIpc) is 3.04. The van der Waals surface area contributed by atoms with Gasteiger partial charge in [0.15, 0.2) is 0 Å². The fourth-order valence-electron chi connectivity index (χ4n) is 2.34. The van der Waals surface area contributed by atoms with E-state index in [-0.39, 0.29) is 0 Å². The molecule has 0 fully saturated rings. The van der Waals surface area contributed by atoms with Gasteiger partial charge in [-0.25, -0.2) is 4.79 Å². The van der Waals surface area contributed by atoms with Crippen molar-refractivity contribution >= 4 is 28.9 Å². The summed E-state index contributed by atoms with van der Waals surface area (Å²) in [5, 5.41) is 9.67. The molecular weight excluding hydrogens is 344 g/mol. The van der Waals surface area contributed by atoms with Crippen LogP contribution in [0.1, 0.15) is 25.7 Å². The highest BCUT2D eigenvalue weighted by Gasteiger charge is 2.11. The molecule has 2 aromatic carbocycles. The first-order chi connectivity index (χ1) is 11.6. The van der Waals surface area contributed by atoms with Gasteiger partial charge in [-0.1, -0.05) is 41.9 Å². The standard InChI is InChI=1S/C19H15ClO3S/c20-15-6-8-17(23-12-13-4-2-1-3-5-13)14(10-15)11-16-7-9-18(24-16)19(21)22/h1-10H,11-12H2,(H,21,22). The molecule has 3 aromatic rings. The summed E-state index contributed by atoms with van der Waals surface area (Å²) >= 11 is 7.38. The molecule has 3 rings (SSSR count). The number of ether oxygens (including phenoxy) is 1. The van der Waals surface area contributed by atoms with Gasteiger partial charge in [-0.2, -0.15) is 0 Å². The number of carbonyl (C=O) groups is 1. The molecule has 0 aliphatic carbocycles. The molecule has 3 nitrogen and oxygen atoms in total. The van der Waals surface area contributed by atoms with E-state index in [1.165, 1.54) is 11.3 Å². The topological polar surface area (TPSA) is 46.5 Å². The van der Waals surface area contributed by atoms with Crippen LogP contribution in [-0.4, -0.2) is 11.1 Å². The number of halogens is 1. The zero-order valence-corrected chi connectivity index (χ0v) is 14.3. The van der Waals surface area contributed by atoms with Crippen LogP contribution in [0.15, 0.2) is 60.7 Å². The van der Waals surface area contributed by atoms with Crippen LogP contribution in [0.5, 0.6) is 5.75 Å². The summed E-state index contributed by atoms with van der Waals surface area (Å²) in [6.45, 7) is 0.473. The van der Waals surface area contributed by atoms with E-state index in [0.717, 1.165) is 21.8 Å². The molecule has 0 aliphatic heterocycles. The van der Waals surface area contributed by atoms with Gasteiger partial charge in [0.25, 0.3) is 0 Å². The van der Waals surface area contributed by atoms with E-state index in [9.17, 15) is 4.79 Å². The summed E-state index contributed by atoms with van der Waals surface area (Å²) in [5.74, 6) is -0.147. The van der Waals surface area contributed by atoms with Crippen molar-refractivity contribution in [2.45, 2.75) is 13.0 Å². The maximum Gasteiger partial charge on any atom is 0.345 e. The number of benzene rings is 2. The summed E-state index contributed by atoms with van der Waals surface area (Å²) in [7, 11) is 0. The Labute approximate surface area is 149 Å². The number of thiophene rings is 1. The van der Waals surface area contributed by atoms with E-state index in [1.807, 2.05) is 48.5 Å². The zero-order valence-electron chi connectivity index (χ0n) is 12.7. The highest BCUT2D eigenvalue weighted by atomic mass is 35.5. The van der Waals surface area contributed by atoms with Crippen molar-refractivity contribution in [3.05, 3.63) is 86.6 Å². The predicted molar refractivity (Wildman–Crippen MR) is 96.3 cm³/mol. The Bertz CT molecular complexity index is 843. The lowest BCUT2D eigenvalue weighted by molar-refractivity contribution is 0.0702. The Kier molecular flexibility index (Phi) is 5.18. The fraction of sp³-hybridized carbons (Fsp3) is 0.105. The average molecular weight is 359 g/mol. The largest absolute Gasteiger partial charge is 0.489 e. The number of aromatic carboxylic acids is 1. The summed E-state index contributed by atoms with van der Waals surface area (Å²) in [5.41, 5.74) is 2.03. The maximum atomic E-state index is 11.0. The van der Waals surface area contributed by atoms with Crippen LogP contribution in [-0.2, 0) is 13.0 Å². The van der Waals surface area contributed by atoms with Crippen LogP contribution in [0.2, 0.25) is 5.02 Å². The third kappa shape index (κ3) is 4.16. The van der Waals surface area contributed by atoms with E-state index in [2.05, 4.69) is 0 Å². The third-order valence-corrected chi connectivity index (χ3v) is 4.81. The van der Waals surface area contributed by atoms with Crippen molar-refractivity contribution < 1.29 is 14.6 Å². The first-order valence-electron chi connectivity index (χ1n) is 7.39. The van der Waals surface area contributed by atoms with Gasteiger partial charge < -0.3 is 9.84 Å². The van der Waals surface area contributed by atoms with Crippen LogP contribution in [0.4, 0.5) is 0 Å². The highest BCUT2D eigenvalue weighted by Crippen LogP contribution is 2.28. The molecule has 0 radical (unpaired) electrons. The minimum atomic E-state index is -0.905. The SMILES string of the molecule is O=C(O)c1ccc(Cc2cc(Cl)ccc2OCc2ccccc2)s1. The number of hydrogen-bond donors (Lipinski definition) is 1. The molecular formula is C19H15ClO3S. The second-order valence-corrected chi connectivity index (χ2v) is 6.88. The Balaban J connectivity index is 1.78. The minimum absolute atomic E-state index is 0.332. The van der Waals surface area contributed by atoms with E-state index in [1.54, 1.807) is 12.1 Å². The van der Waals surface area contributed by atoms with Crippen molar-refractivity contribution in [2.75, 3.05) is 0 Å².